The van der Waals surface area contributed by atoms with Crippen molar-refractivity contribution in [2.45, 2.75) is 19.4 Å². The van der Waals surface area contributed by atoms with Crippen LogP contribution >= 0.6 is 0 Å². The molecule has 0 spiro atoms. The number of rotatable bonds is 7. The highest BCUT2D eigenvalue weighted by Crippen LogP contribution is 2.42. The highest BCUT2D eigenvalue weighted by atomic mass is 16.5. The number of amides is 1. The van der Waals surface area contributed by atoms with E-state index < -0.39 is 5.60 Å². The van der Waals surface area contributed by atoms with Crippen LogP contribution < -0.4 is 24.3 Å². The molecule has 1 amide bonds. The molecule has 4 rings (SSSR count). The number of benzene rings is 3. The topological polar surface area (TPSA) is 66.0 Å². The molecule has 0 radical (unpaired) electrons. The molecule has 1 aliphatic heterocycles. The molecule has 3 aromatic rings. The first-order valence-electron chi connectivity index (χ1n) is 11.2. The summed E-state index contributed by atoms with van der Waals surface area (Å²) in [5.41, 5.74) is 3.81. The second kappa shape index (κ2) is 9.97. The van der Waals surface area contributed by atoms with Crippen molar-refractivity contribution in [1.82, 2.24) is 0 Å². The van der Waals surface area contributed by atoms with E-state index in [1.807, 2.05) is 50.3 Å². The monoisotopic (exact) mass is 471 g/mol. The predicted molar refractivity (Wildman–Crippen MR) is 139 cm³/mol. The molecular weight excluding hydrogens is 442 g/mol. The molecule has 0 aliphatic carbocycles. The summed E-state index contributed by atoms with van der Waals surface area (Å²) >= 11 is 0. The maximum atomic E-state index is 12.5. The van der Waals surface area contributed by atoms with Gasteiger partial charge in [-0.25, -0.2) is 0 Å². The Bertz CT molecular complexity index is 1270. The van der Waals surface area contributed by atoms with Gasteiger partial charge in [-0.3, -0.25) is 4.79 Å². The van der Waals surface area contributed by atoms with Crippen LogP contribution in [-0.4, -0.2) is 32.8 Å². The van der Waals surface area contributed by atoms with Crippen molar-refractivity contribution in [3.8, 4) is 34.1 Å². The van der Waals surface area contributed by atoms with Gasteiger partial charge in [-0.15, -0.1) is 0 Å². The predicted octanol–water partition coefficient (Wildman–Crippen LogP) is 6.22. The number of carbonyl (C=O) groups is 1. The third-order valence-corrected chi connectivity index (χ3v) is 5.62. The van der Waals surface area contributed by atoms with Gasteiger partial charge in [0.2, 0.25) is 5.91 Å². The van der Waals surface area contributed by atoms with Gasteiger partial charge >= 0.3 is 0 Å². The van der Waals surface area contributed by atoms with Gasteiger partial charge in [0.05, 0.1) is 21.3 Å². The Labute approximate surface area is 205 Å². The molecule has 180 valence electrons. The molecule has 3 aromatic carbocycles. The van der Waals surface area contributed by atoms with Gasteiger partial charge in [-0.1, -0.05) is 6.08 Å². The fourth-order valence-electron chi connectivity index (χ4n) is 3.80. The quantitative estimate of drug-likeness (QED) is 0.415. The summed E-state index contributed by atoms with van der Waals surface area (Å²) < 4.78 is 22.5. The second-order valence-corrected chi connectivity index (χ2v) is 8.68. The summed E-state index contributed by atoms with van der Waals surface area (Å²) in [4.78, 5) is 12.5. The number of fused-ring (bicyclic) bond motifs is 1. The van der Waals surface area contributed by atoms with Crippen molar-refractivity contribution < 1.29 is 23.7 Å². The first-order chi connectivity index (χ1) is 16.8. The Hall–Kier alpha value is -4.19. The maximum absolute atomic E-state index is 12.5. The van der Waals surface area contributed by atoms with E-state index in [4.69, 9.17) is 18.9 Å². The van der Waals surface area contributed by atoms with Crippen LogP contribution in [0.2, 0.25) is 0 Å². The number of nitrogens with one attached hydrogen (secondary N) is 1. The SMILES string of the molecule is COc1ccc(NC(=O)/C=C/c2cc3c(c(-c4cc(OC)cc(OC)c4)c2)OC(C)(C)C=C3)cc1. The minimum atomic E-state index is -0.444. The van der Waals surface area contributed by atoms with E-state index in [-0.39, 0.29) is 5.91 Å². The highest BCUT2D eigenvalue weighted by Gasteiger charge is 2.25. The third kappa shape index (κ3) is 5.66. The normalized spacial score (nSPS) is 13.6. The Balaban J connectivity index is 1.69. The number of anilines is 1. The van der Waals surface area contributed by atoms with Crippen molar-refractivity contribution in [3.63, 3.8) is 0 Å². The molecule has 6 nitrogen and oxygen atoms in total. The summed E-state index contributed by atoms with van der Waals surface area (Å²) in [6.07, 6.45) is 7.37. The van der Waals surface area contributed by atoms with Gasteiger partial charge in [0.15, 0.2) is 0 Å². The minimum Gasteiger partial charge on any atom is -0.497 e. The minimum absolute atomic E-state index is 0.231. The Kier molecular flexibility index (Phi) is 6.82. The van der Waals surface area contributed by atoms with E-state index in [9.17, 15) is 4.79 Å². The van der Waals surface area contributed by atoms with Gasteiger partial charge in [-0.2, -0.15) is 0 Å². The van der Waals surface area contributed by atoms with Crippen LogP contribution in [0.4, 0.5) is 5.69 Å². The summed E-state index contributed by atoms with van der Waals surface area (Å²) in [5, 5.41) is 2.86. The van der Waals surface area contributed by atoms with Crippen molar-refractivity contribution in [2.75, 3.05) is 26.6 Å². The molecule has 0 saturated heterocycles. The number of methoxy groups -OCH3 is 3. The third-order valence-electron chi connectivity index (χ3n) is 5.62. The zero-order valence-corrected chi connectivity index (χ0v) is 20.5. The fraction of sp³-hybridized carbons (Fsp3) is 0.207. The second-order valence-electron chi connectivity index (χ2n) is 8.68. The van der Waals surface area contributed by atoms with Crippen LogP contribution in [0.3, 0.4) is 0 Å². The van der Waals surface area contributed by atoms with Crippen LogP contribution in [0.1, 0.15) is 25.0 Å². The van der Waals surface area contributed by atoms with E-state index in [2.05, 4.69) is 11.4 Å². The zero-order chi connectivity index (χ0) is 25.0. The highest BCUT2D eigenvalue weighted by molar-refractivity contribution is 6.02. The van der Waals surface area contributed by atoms with Crippen molar-refractivity contribution in [2.24, 2.45) is 0 Å². The Morgan fingerprint density at radius 1 is 0.886 bits per heavy atom. The fourth-order valence-corrected chi connectivity index (χ4v) is 3.80. The molecule has 6 heteroatoms. The summed E-state index contributed by atoms with van der Waals surface area (Å²) in [5.74, 6) is 2.63. The molecule has 0 saturated carbocycles. The van der Waals surface area contributed by atoms with Gasteiger partial charge < -0.3 is 24.3 Å². The van der Waals surface area contributed by atoms with Crippen LogP contribution in [-0.2, 0) is 4.79 Å². The van der Waals surface area contributed by atoms with Crippen LogP contribution in [0.25, 0.3) is 23.3 Å². The summed E-state index contributed by atoms with van der Waals surface area (Å²) in [6, 6.07) is 16.9. The lowest BCUT2D eigenvalue weighted by Crippen LogP contribution is -2.27. The lowest BCUT2D eigenvalue weighted by Gasteiger charge is -2.30. The van der Waals surface area contributed by atoms with Crippen molar-refractivity contribution >= 4 is 23.7 Å². The van der Waals surface area contributed by atoms with E-state index in [0.717, 1.165) is 33.8 Å². The average Bonchev–Trinajstić information content (AvgIpc) is 2.86. The Morgan fingerprint density at radius 2 is 1.54 bits per heavy atom. The maximum Gasteiger partial charge on any atom is 0.248 e. The first kappa shape index (κ1) is 24.0. The molecular formula is C29H29NO5. The molecule has 0 atom stereocenters. The van der Waals surface area contributed by atoms with Crippen molar-refractivity contribution in [1.29, 1.82) is 0 Å². The van der Waals surface area contributed by atoms with Gasteiger partial charge in [0.25, 0.3) is 0 Å². The molecule has 1 heterocycles. The van der Waals surface area contributed by atoms with Crippen LogP contribution in [0.5, 0.6) is 23.0 Å². The van der Waals surface area contributed by atoms with E-state index in [1.165, 1.54) is 6.08 Å². The number of ether oxygens (including phenoxy) is 4. The number of carbonyl (C=O) groups excluding carboxylic acids is 1. The number of hydrogen-bond acceptors (Lipinski definition) is 5. The number of hydrogen-bond donors (Lipinski definition) is 1. The summed E-state index contributed by atoms with van der Waals surface area (Å²) in [6.45, 7) is 4.03. The molecule has 1 N–H and O–H groups in total. The standard InChI is InChI=1S/C29H29NO5/c1-29(2)13-12-20-14-19(6-11-27(31)30-22-7-9-23(32-3)10-8-22)15-26(28(20)35-29)21-16-24(33-4)18-25(17-21)34-5/h6-18H,1-5H3,(H,30,31)/b11-6+. The molecule has 0 aromatic heterocycles. The lowest BCUT2D eigenvalue weighted by molar-refractivity contribution is -0.111. The average molecular weight is 472 g/mol. The zero-order valence-electron chi connectivity index (χ0n) is 20.5. The van der Waals surface area contributed by atoms with Crippen molar-refractivity contribution in [3.05, 3.63) is 77.9 Å². The summed E-state index contributed by atoms with van der Waals surface area (Å²) in [7, 11) is 4.85. The molecule has 0 unspecified atom stereocenters. The van der Waals surface area contributed by atoms with E-state index in [0.29, 0.717) is 17.2 Å². The lowest BCUT2D eigenvalue weighted by atomic mass is 9.93. The van der Waals surface area contributed by atoms with E-state index in [1.54, 1.807) is 51.7 Å². The Morgan fingerprint density at radius 3 is 2.17 bits per heavy atom. The van der Waals surface area contributed by atoms with E-state index >= 15 is 0 Å². The van der Waals surface area contributed by atoms with Gasteiger partial charge in [-0.05, 0) is 85.7 Å². The largest absolute Gasteiger partial charge is 0.497 e. The smallest absolute Gasteiger partial charge is 0.248 e. The van der Waals surface area contributed by atoms with Gasteiger partial charge in [0.1, 0.15) is 28.6 Å². The molecule has 35 heavy (non-hydrogen) atoms. The van der Waals surface area contributed by atoms with Gasteiger partial charge in [0, 0.05) is 29.0 Å². The van der Waals surface area contributed by atoms with Crippen LogP contribution in [0, 0.1) is 0 Å². The first-order valence-corrected chi connectivity index (χ1v) is 11.2. The molecule has 0 fully saturated rings. The molecule has 1 aliphatic rings. The molecule has 0 bridgehead atoms. The van der Waals surface area contributed by atoms with Crippen LogP contribution in [0.15, 0.2) is 66.7 Å².